The minimum atomic E-state index is 0.481. The summed E-state index contributed by atoms with van der Waals surface area (Å²) in [6, 6.07) is 7.63. The van der Waals surface area contributed by atoms with Gasteiger partial charge in [0.05, 0.1) is 5.69 Å². The van der Waals surface area contributed by atoms with Crippen LogP contribution in [0.3, 0.4) is 0 Å². The number of nitrogen functional groups attached to an aromatic ring is 1. The van der Waals surface area contributed by atoms with Crippen LogP contribution in [0.25, 0.3) is 0 Å². The van der Waals surface area contributed by atoms with E-state index >= 15 is 0 Å². The van der Waals surface area contributed by atoms with E-state index in [1.807, 2.05) is 18.2 Å². The summed E-state index contributed by atoms with van der Waals surface area (Å²) in [4.78, 5) is 8.66. The van der Waals surface area contributed by atoms with Crippen LogP contribution in [-0.4, -0.2) is 9.97 Å². The fraction of sp³-hybridized carbons (Fsp3) is 0.231. The van der Waals surface area contributed by atoms with E-state index in [0.29, 0.717) is 11.6 Å². The summed E-state index contributed by atoms with van der Waals surface area (Å²) in [6.45, 7) is 2.09. The highest BCUT2D eigenvalue weighted by molar-refractivity contribution is 9.11. The summed E-state index contributed by atoms with van der Waals surface area (Å²) < 4.78 is 1.97. The van der Waals surface area contributed by atoms with Crippen LogP contribution < -0.4 is 11.1 Å². The largest absolute Gasteiger partial charge is 0.384 e. The second kappa shape index (κ2) is 6.34. The molecular formula is C13H14Br2N4. The fourth-order valence-corrected chi connectivity index (χ4v) is 2.79. The lowest BCUT2D eigenvalue weighted by atomic mass is 10.3. The third-order valence-corrected chi connectivity index (χ3v) is 3.61. The van der Waals surface area contributed by atoms with Gasteiger partial charge in [0.25, 0.3) is 0 Å². The van der Waals surface area contributed by atoms with Crippen molar-refractivity contribution < 1.29 is 0 Å². The van der Waals surface area contributed by atoms with Gasteiger partial charge in [-0.15, -0.1) is 0 Å². The predicted molar refractivity (Wildman–Crippen MR) is 85.6 cm³/mol. The highest BCUT2D eigenvalue weighted by Crippen LogP contribution is 2.28. The van der Waals surface area contributed by atoms with E-state index in [2.05, 4.69) is 54.1 Å². The molecule has 0 unspecified atom stereocenters. The van der Waals surface area contributed by atoms with Crippen LogP contribution in [-0.2, 0) is 6.42 Å². The SMILES string of the molecule is CCCc1nc(N)cc(Nc2ccc(Br)cc2Br)n1. The standard InChI is InChI=1S/C13H14Br2N4/c1-2-3-12-18-11(16)7-13(19-12)17-10-5-4-8(14)6-9(10)15/h4-7H,2-3H2,1H3,(H3,16,17,18,19). The van der Waals surface area contributed by atoms with E-state index in [1.54, 1.807) is 6.07 Å². The molecule has 4 nitrogen and oxygen atoms in total. The molecule has 6 heteroatoms. The second-order valence-electron chi connectivity index (χ2n) is 4.09. The van der Waals surface area contributed by atoms with E-state index in [0.717, 1.165) is 33.3 Å². The molecule has 3 N–H and O–H groups in total. The third kappa shape index (κ3) is 3.91. The molecule has 0 spiro atoms. The number of nitrogens with one attached hydrogen (secondary N) is 1. The van der Waals surface area contributed by atoms with Crippen LogP contribution in [0, 0.1) is 0 Å². The molecule has 2 rings (SSSR count). The van der Waals surface area contributed by atoms with Crippen molar-refractivity contribution in [2.45, 2.75) is 19.8 Å². The molecule has 0 aliphatic heterocycles. The molecule has 0 aliphatic rings. The van der Waals surface area contributed by atoms with Gasteiger partial charge < -0.3 is 11.1 Å². The number of aryl methyl sites for hydroxylation is 1. The molecule has 100 valence electrons. The van der Waals surface area contributed by atoms with Crippen LogP contribution >= 0.6 is 31.9 Å². The molecule has 0 amide bonds. The maximum absolute atomic E-state index is 5.80. The number of nitrogens with zero attached hydrogens (tertiary/aromatic N) is 2. The number of hydrogen-bond donors (Lipinski definition) is 2. The van der Waals surface area contributed by atoms with Crippen LogP contribution in [0.4, 0.5) is 17.3 Å². The van der Waals surface area contributed by atoms with E-state index < -0.39 is 0 Å². The number of benzene rings is 1. The maximum atomic E-state index is 5.80. The van der Waals surface area contributed by atoms with Gasteiger partial charge in [0, 0.05) is 21.4 Å². The average molecular weight is 386 g/mol. The highest BCUT2D eigenvalue weighted by Gasteiger charge is 2.05. The van der Waals surface area contributed by atoms with Crippen molar-refractivity contribution in [2.75, 3.05) is 11.1 Å². The lowest BCUT2D eigenvalue weighted by Crippen LogP contribution is -2.03. The van der Waals surface area contributed by atoms with Gasteiger partial charge in [-0.25, -0.2) is 9.97 Å². The molecule has 0 radical (unpaired) electrons. The number of anilines is 3. The number of hydrogen-bond acceptors (Lipinski definition) is 4. The smallest absolute Gasteiger partial charge is 0.136 e. The molecule has 1 aromatic heterocycles. The Balaban J connectivity index is 2.27. The van der Waals surface area contributed by atoms with Crippen molar-refractivity contribution >= 4 is 49.2 Å². The first-order valence-corrected chi connectivity index (χ1v) is 7.52. The molecule has 0 saturated carbocycles. The molecule has 0 atom stereocenters. The van der Waals surface area contributed by atoms with Crippen LogP contribution in [0.15, 0.2) is 33.2 Å². The van der Waals surface area contributed by atoms with Gasteiger partial charge in [-0.1, -0.05) is 22.9 Å². The van der Waals surface area contributed by atoms with Crippen molar-refractivity contribution in [3.05, 3.63) is 39.0 Å². The monoisotopic (exact) mass is 384 g/mol. The summed E-state index contributed by atoms with van der Waals surface area (Å²) in [5.74, 6) is 1.95. The van der Waals surface area contributed by atoms with Gasteiger partial charge in [-0.3, -0.25) is 0 Å². The summed E-state index contributed by atoms with van der Waals surface area (Å²) in [6.07, 6.45) is 1.81. The highest BCUT2D eigenvalue weighted by atomic mass is 79.9. The number of nitrogens with two attached hydrogens (primary N) is 1. The molecular weight excluding hydrogens is 372 g/mol. The Morgan fingerprint density at radius 1 is 1.21 bits per heavy atom. The van der Waals surface area contributed by atoms with Gasteiger partial charge in [0.1, 0.15) is 17.5 Å². The molecule has 19 heavy (non-hydrogen) atoms. The van der Waals surface area contributed by atoms with Gasteiger partial charge in [-0.2, -0.15) is 0 Å². The van der Waals surface area contributed by atoms with Crippen LogP contribution in [0.1, 0.15) is 19.2 Å². The fourth-order valence-electron chi connectivity index (χ4n) is 1.65. The molecule has 0 saturated heterocycles. The van der Waals surface area contributed by atoms with Crippen LogP contribution in [0.2, 0.25) is 0 Å². The Morgan fingerprint density at radius 2 is 2.00 bits per heavy atom. The number of aromatic nitrogens is 2. The van der Waals surface area contributed by atoms with Crippen molar-refractivity contribution in [1.29, 1.82) is 0 Å². The molecule has 2 aromatic rings. The molecule has 0 bridgehead atoms. The van der Waals surface area contributed by atoms with E-state index in [-0.39, 0.29) is 0 Å². The normalized spacial score (nSPS) is 10.5. The topological polar surface area (TPSA) is 63.8 Å². The van der Waals surface area contributed by atoms with E-state index in [4.69, 9.17) is 5.73 Å². The molecule has 1 heterocycles. The maximum Gasteiger partial charge on any atom is 0.136 e. The summed E-state index contributed by atoms with van der Waals surface area (Å²) in [5, 5.41) is 3.24. The van der Waals surface area contributed by atoms with E-state index in [9.17, 15) is 0 Å². The van der Waals surface area contributed by atoms with Gasteiger partial charge >= 0.3 is 0 Å². The van der Waals surface area contributed by atoms with Crippen molar-refractivity contribution in [2.24, 2.45) is 0 Å². The first kappa shape index (κ1) is 14.3. The zero-order valence-electron chi connectivity index (χ0n) is 10.5. The average Bonchev–Trinajstić information content (AvgIpc) is 2.32. The zero-order valence-corrected chi connectivity index (χ0v) is 13.6. The number of rotatable bonds is 4. The molecule has 1 aromatic carbocycles. The Morgan fingerprint density at radius 3 is 2.68 bits per heavy atom. The minimum absolute atomic E-state index is 0.481. The van der Waals surface area contributed by atoms with Gasteiger partial charge in [0.15, 0.2) is 0 Å². The molecule has 0 fully saturated rings. The number of halogens is 2. The van der Waals surface area contributed by atoms with E-state index in [1.165, 1.54) is 0 Å². The first-order chi connectivity index (χ1) is 9.08. The lowest BCUT2D eigenvalue weighted by molar-refractivity contribution is 0.839. The predicted octanol–water partition coefficient (Wildman–Crippen LogP) is 4.28. The zero-order chi connectivity index (χ0) is 13.8. The Kier molecular flexibility index (Phi) is 4.76. The minimum Gasteiger partial charge on any atom is -0.384 e. The third-order valence-electron chi connectivity index (χ3n) is 2.46. The summed E-state index contributed by atoms with van der Waals surface area (Å²) >= 11 is 6.93. The summed E-state index contributed by atoms with van der Waals surface area (Å²) in [5.41, 5.74) is 6.73. The molecule has 0 aliphatic carbocycles. The van der Waals surface area contributed by atoms with Crippen LogP contribution in [0.5, 0.6) is 0 Å². The first-order valence-electron chi connectivity index (χ1n) is 5.94. The lowest BCUT2D eigenvalue weighted by Gasteiger charge is -2.10. The Bertz CT molecular complexity index is 587. The quantitative estimate of drug-likeness (QED) is 0.824. The van der Waals surface area contributed by atoms with Gasteiger partial charge in [-0.05, 0) is 40.5 Å². The second-order valence-corrected chi connectivity index (χ2v) is 5.86. The van der Waals surface area contributed by atoms with Crippen molar-refractivity contribution in [1.82, 2.24) is 9.97 Å². The Hall–Kier alpha value is -1.14. The summed E-state index contributed by atoms with van der Waals surface area (Å²) in [7, 11) is 0. The van der Waals surface area contributed by atoms with Gasteiger partial charge in [0.2, 0.25) is 0 Å². The van der Waals surface area contributed by atoms with Crippen molar-refractivity contribution in [3.63, 3.8) is 0 Å². The van der Waals surface area contributed by atoms with Crippen molar-refractivity contribution in [3.8, 4) is 0 Å². The Labute approximate surface area is 129 Å².